The average molecular weight is 386 g/mol. The van der Waals surface area contributed by atoms with E-state index in [9.17, 15) is 4.39 Å². The molecule has 3 heterocycles. The van der Waals surface area contributed by atoms with Crippen LogP contribution in [0.1, 0.15) is 6.92 Å². The Morgan fingerprint density at radius 3 is 2.92 bits per heavy atom. The van der Waals surface area contributed by atoms with Gasteiger partial charge in [0.1, 0.15) is 11.4 Å². The van der Waals surface area contributed by atoms with Crippen LogP contribution in [-0.4, -0.2) is 21.6 Å². The number of thiophene rings is 1. The van der Waals surface area contributed by atoms with Gasteiger partial charge in [-0.05, 0) is 36.0 Å². The van der Waals surface area contributed by atoms with Crippen molar-refractivity contribution in [2.24, 2.45) is 0 Å². The Morgan fingerprint density at radius 2 is 2.08 bits per heavy atom. The van der Waals surface area contributed by atoms with Crippen LogP contribution in [0.4, 0.5) is 4.39 Å². The highest BCUT2D eigenvalue weighted by Gasteiger charge is 2.16. The lowest BCUT2D eigenvalue weighted by Crippen LogP contribution is -1.94. The van der Waals surface area contributed by atoms with Crippen molar-refractivity contribution < 1.29 is 9.13 Å². The van der Waals surface area contributed by atoms with Gasteiger partial charge in [0, 0.05) is 22.0 Å². The molecule has 0 unspecified atom stereocenters. The van der Waals surface area contributed by atoms with E-state index in [4.69, 9.17) is 16.3 Å². The highest BCUT2D eigenvalue weighted by atomic mass is 35.5. The van der Waals surface area contributed by atoms with Gasteiger partial charge < -0.3 is 4.74 Å². The maximum Gasteiger partial charge on any atom is 0.223 e. The molecule has 0 fully saturated rings. The normalized spacial score (nSPS) is 11.0. The van der Waals surface area contributed by atoms with Gasteiger partial charge in [0.25, 0.3) is 0 Å². The Morgan fingerprint density at radius 1 is 1.19 bits per heavy atom. The van der Waals surface area contributed by atoms with Crippen molar-refractivity contribution in [3.05, 3.63) is 60.0 Å². The fourth-order valence-electron chi connectivity index (χ4n) is 2.78. The lowest BCUT2D eigenvalue weighted by atomic mass is 10.0. The number of pyridine rings is 1. The Kier molecular flexibility index (Phi) is 4.53. The van der Waals surface area contributed by atoms with Crippen molar-refractivity contribution in [2.75, 3.05) is 6.61 Å². The van der Waals surface area contributed by atoms with E-state index in [0.717, 1.165) is 27.4 Å². The van der Waals surface area contributed by atoms with Crippen molar-refractivity contribution in [1.82, 2.24) is 15.0 Å². The Bertz CT molecular complexity index is 1100. The first-order valence-corrected chi connectivity index (χ1v) is 9.15. The smallest absolute Gasteiger partial charge is 0.223 e. The van der Waals surface area contributed by atoms with Gasteiger partial charge in [0.05, 0.1) is 23.9 Å². The number of hydrogen-bond donors (Lipinski definition) is 0. The van der Waals surface area contributed by atoms with E-state index in [1.807, 2.05) is 37.3 Å². The van der Waals surface area contributed by atoms with Gasteiger partial charge >= 0.3 is 0 Å². The molecule has 4 aromatic rings. The molecule has 0 bridgehead atoms. The SMILES string of the molecule is CCOc1cnccc1-c1cccc2cc(-c3nc(Cl)ncc3F)sc12. The summed E-state index contributed by atoms with van der Waals surface area (Å²) in [6.07, 6.45) is 4.52. The summed E-state index contributed by atoms with van der Waals surface area (Å²) >= 11 is 7.30. The topological polar surface area (TPSA) is 47.9 Å². The highest BCUT2D eigenvalue weighted by Crippen LogP contribution is 2.41. The van der Waals surface area contributed by atoms with Crippen molar-refractivity contribution in [3.8, 4) is 27.4 Å². The number of ether oxygens (including phenoxy) is 1. The van der Waals surface area contributed by atoms with Crippen LogP contribution in [0.2, 0.25) is 5.28 Å². The van der Waals surface area contributed by atoms with E-state index < -0.39 is 5.82 Å². The molecule has 0 saturated heterocycles. The quantitative estimate of drug-likeness (QED) is 0.428. The third kappa shape index (κ3) is 3.02. The van der Waals surface area contributed by atoms with Crippen LogP contribution in [0, 0.1) is 5.82 Å². The molecule has 0 aliphatic heterocycles. The van der Waals surface area contributed by atoms with Crippen molar-refractivity contribution in [2.45, 2.75) is 6.92 Å². The molecule has 4 rings (SSSR count). The number of benzene rings is 1. The molecule has 0 atom stereocenters. The number of fused-ring (bicyclic) bond motifs is 1. The van der Waals surface area contributed by atoms with E-state index >= 15 is 0 Å². The molecule has 0 radical (unpaired) electrons. The molecule has 1 aromatic carbocycles. The monoisotopic (exact) mass is 385 g/mol. The highest BCUT2D eigenvalue weighted by molar-refractivity contribution is 7.22. The van der Waals surface area contributed by atoms with Crippen molar-refractivity contribution in [1.29, 1.82) is 0 Å². The Labute approximate surface area is 158 Å². The van der Waals surface area contributed by atoms with Gasteiger partial charge in [-0.2, -0.15) is 0 Å². The third-order valence-electron chi connectivity index (χ3n) is 3.87. The Hall–Kier alpha value is -2.57. The second kappa shape index (κ2) is 6.97. The minimum absolute atomic E-state index is 0.0202. The van der Waals surface area contributed by atoms with E-state index in [1.165, 1.54) is 11.3 Å². The van der Waals surface area contributed by atoms with Gasteiger partial charge in [-0.3, -0.25) is 4.98 Å². The summed E-state index contributed by atoms with van der Waals surface area (Å²) < 4.78 is 20.9. The molecule has 0 aliphatic rings. The largest absolute Gasteiger partial charge is 0.492 e. The van der Waals surface area contributed by atoms with Crippen LogP contribution in [0.3, 0.4) is 0 Å². The maximum absolute atomic E-state index is 14.2. The first-order chi connectivity index (χ1) is 12.7. The van der Waals surface area contributed by atoms with Crippen molar-refractivity contribution in [3.63, 3.8) is 0 Å². The fraction of sp³-hybridized carbons (Fsp3) is 0.105. The standard InChI is InChI=1S/C19H13ClFN3OS/c1-2-25-15-10-22-7-6-12(15)13-5-3-4-11-8-16(26-18(11)13)17-14(21)9-23-19(20)24-17/h3-10H,2H2,1H3. The second-order valence-electron chi connectivity index (χ2n) is 5.47. The molecular weight excluding hydrogens is 373 g/mol. The third-order valence-corrected chi connectivity index (χ3v) is 5.24. The van der Waals surface area contributed by atoms with Crippen molar-refractivity contribution >= 4 is 33.0 Å². The second-order valence-corrected chi connectivity index (χ2v) is 6.87. The minimum atomic E-state index is -0.499. The molecule has 0 spiro atoms. The van der Waals surface area contributed by atoms with E-state index in [-0.39, 0.29) is 11.0 Å². The van der Waals surface area contributed by atoms with Gasteiger partial charge in [0.2, 0.25) is 5.28 Å². The zero-order valence-electron chi connectivity index (χ0n) is 13.7. The van der Waals surface area contributed by atoms with Gasteiger partial charge in [-0.1, -0.05) is 18.2 Å². The molecule has 26 heavy (non-hydrogen) atoms. The molecule has 130 valence electrons. The number of aromatic nitrogens is 3. The summed E-state index contributed by atoms with van der Waals surface area (Å²) in [5, 5.41) is 1.02. The number of rotatable bonds is 4. The first kappa shape index (κ1) is 16.9. The molecular formula is C19H13ClFN3OS. The number of nitrogens with zero attached hydrogens (tertiary/aromatic N) is 3. The maximum atomic E-state index is 14.2. The molecule has 0 aliphatic carbocycles. The van der Waals surface area contributed by atoms with Crippen LogP contribution in [0.25, 0.3) is 31.8 Å². The Balaban J connectivity index is 1.91. The zero-order valence-corrected chi connectivity index (χ0v) is 15.3. The van der Waals surface area contributed by atoms with Crippen LogP contribution in [0.5, 0.6) is 5.75 Å². The van der Waals surface area contributed by atoms with Crippen LogP contribution < -0.4 is 4.74 Å². The van der Waals surface area contributed by atoms with Gasteiger partial charge in [0.15, 0.2) is 5.82 Å². The molecule has 4 nitrogen and oxygen atoms in total. The molecule has 0 N–H and O–H groups in total. The lowest BCUT2D eigenvalue weighted by molar-refractivity contribution is 0.340. The summed E-state index contributed by atoms with van der Waals surface area (Å²) in [7, 11) is 0. The average Bonchev–Trinajstić information content (AvgIpc) is 3.08. The zero-order chi connectivity index (χ0) is 18.1. The van der Waals surface area contributed by atoms with E-state index in [0.29, 0.717) is 17.2 Å². The molecule has 7 heteroatoms. The van der Waals surface area contributed by atoms with Crippen LogP contribution in [-0.2, 0) is 0 Å². The molecule has 0 saturated carbocycles. The minimum Gasteiger partial charge on any atom is -0.492 e. The predicted molar refractivity (Wildman–Crippen MR) is 102 cm³/mol. The predicted octanol–water partition coefficient (Wildman–Crippen LogP) is 5.61. The number of hydrogen-bond acceptors (Lipinski definition) is 5. The summed E-state index contributed by atoms with van der Waals surface area (Å²) in [5.41, 5.74) is 2.16. The summed E-state index contributed by atoms with van der Waals surface area (Å²) in [6.45, 7) is 2.48. The lowest BCUT2D eigenvalue weighted by Gasteiger charge is -2.10. The van der Waals surface area contributed by atoms with Gasteiger partial charge in [-0.15, -0.1) is 11.3 Å². The molecule has 0 amide bonds. The first-order valence-electron chi connectivity index (χ1n) is 7.95. The van der Waals surface area contributed by atoms with E-state index in [1.54, 1.807) is 12.4 Å². The summed E-state index contributed by atoms with van der Waals surface area (Å²) in [5.74, 6) is 0.218. The molecule has 3 aromatic heterocycles. The fourth-order valence-corrected chi connectivity index (χ4v) is 4.10. The van der Waals surface area contributed by atoms with E-state index in [2.05, 4.69) is 15.0 Å². The van der Waals surface area contributed by atoms with Gasteiger partial charge in [-0.25, -0.2) is 14.4 Å². The summed E-state index contributed by atoms with van der Waals surface area (Å²) in [4.78, 5) is 12.6. The van der Waals surface area contributed by atoms with Crippen LogP contribution in [0.15, 0.2) is 48.9 Å². The summed E-state index contributed by atoms with van der Waals surface area (Å²) in [6, 6.07) is 9.80. The number of halogens is 2. The van der Waals surface area contributed by atoms with Crippen LogP contribution >= 0.6 is 22.9 Å².